The standard InChI is InChI=1S/C16H9F3N6/c17-10-5-6-12(15(19)14(10)18)23-16-24-13(8-21-25-16)22-11-4-2-1-3-9(11)7-20/h1-6,8H,(H2,22,23,24,25). The monoisotopic (exact) mass is 342 g/mol. The molecule has 0 unspecified atom stereocenters. The first-order valence-electron chi connectivity index (χ1n) is 6.95. The fourth-order valence-corrected chi connectivity index (χ4v) is 1.99. The predicted molar refractivity (Wildman–Crippen MR) is 83.9 cm³/mol. The van der Waals surface area contributed by atoms with Crippen LogP contribution in [0.4, 0.5) is 36.3 Å². The van der Waals surface area contributed by atoms with E-state index in [9.17, 15) is 13.2 Å². The number of hydrogen-bond donors (Lipinski definition) is 2. The minimum absolute atomic E-state index is 0.135. The second-order valence-corrected chi connectivity index (χ2v) is 4.80. The van der Waals surface area contributed by atoms with Crippen molar-refractivity contribution >= 4 is 23.1 Å². The summed E-state index contributed by atoms with van der Waals surface area (Å²) in [6.45, 7) is 0. The van der Waals surface area contributed by atoms with Gasteiger partial charge >= 0.3 is 0 Å². The van der Waals surface area contributed by atoms with Crippen LogP contribution < -0.4 is 10.6 Å². The molecule has 0 atom stereocenters. The average molecular weight is 342 g/mol. The smallest absolute Gasteiger partial charge is 0.249 e. The zero-order chi connectivity index (χ0) is 17.8. The van der Waals surface area contributed by atoms with Gasteiger partial charge in [-0.05, 0) is 24.3 Å². The van der Waals surface area contributed by atoms with E-state index in [0.717, 1.165) is 12.1 Å². The van der Waals surface area contributed by atoms with Gasteiger partial charge in [0.25, 0.3) is 0 Å². The number of hydrogen-bond acceptors (Lipinski definition) is 6. The molecule has 0 amide bonds. The fourth-order valence-electron chi connectivity index (χ4n) is 1.99. The third-order valence-electron chi connectivity index (χ3n) is 3.15. The first kappa shape index (κ1) is 16.2. The lowest BCUT2D eigenvalue weighted by Crippen LogP contribution is -2.05. The number of anilines is 4. The van der Waals surface area contributed by atoms with Gasteiger partial charge in [-0.2, -0.15) is 15.3 Å². The lowest BCUT2D eigenvalue weighted by molar-refractivity contribution is 0.449. The highest BCUT2D eigenvalue weighted by Crippen LogP contribution is 2.23. The van der Waals surface area contributed by atoms with Crippen LogP contribution in [-0.2, 0) is 0 Å². The van der Waals surface area contributed by atoms with Crippen LogP contribution in [-0.4, -0.2) is 15.2 Å². The summed E-state index contributed by atoms with van der Waals surface area (Å²) in [7, 11) is 0. The van der Waals surface area contributed by atoms with Gasteiger partial charge in [0.15, 0.2) is 23.3 Å². The Morgan fingerprint density at radius 2 is 1.72 bits per heavy atom. The van der Waals surface area contributed by atoms with Crippen LogP contribution in [0, 0.1) is 28.8 Å². The van der Waals surface area contributed by atoms with Crippen molar-refractivity contribution in [3.8, 4) is 6.07 Å². The predicted octanol–water partition coefficient (Wildman–Crippen LogP) is 3.65. The molecule has 0 saturated carbocycles. The maximum Gasteiger partial charge on any atom is 0.249 e. The maximum atomic E-state index is 13.7. The third-order valence-corrected chi connectivity index (χ3v) is 3.15. The van der Waals surface area contributed by atoms with Crippen LogP contribution in [0.3, 0.4) is 0 Å². The van der Waals surface area contributed by atoms with Gasteiger partial charge in [-0.3, -0.25) is 0 Å². The molecular formula is C16H9F3N6. The molecule has 1 heterocycles. The Bertz CT molecular complexity index is 970. The van der Waals surface area contributed by atoms with Gasteiger partial charge in [-0.25, -0.2) is 13.2 Å². The summed E-state index contributed by atoms with van der Waals surface area (Å²) in [5.41, 5.74) is 0.549. The second kappa shape index (κ2) is 6.84. The molecule has 3 rings (SSSR count). The lowest BCUT2D eigenvalue weighted by Gasteiger charge is -2.09. The molecule has 124 valence electrons. The Morgan fingerprint density at radius 1 is 0.920 bits per heavy atom. The van der Waals surface area contributed by atoms with Gasteiger partial charge in [0.1, 0.15) is 6.07 Å². The molecule has 9 heteroatoms. The molecule has 0 radical (unpaired) electrons. The molecule has 0 aliphatic carbocycles. The summed E-state index contributed by atoms with van der Waals surface area (Å²) in [5, 5.41) is 21.7. The fraction of sp³-hybridized carbons (Fsp3) is 0. The molecule has 0 bridgehead atoms. The van der Waals surface area contributed by atoms with Gasteiger partial charge in [-0.15, -0.1) is 5.10 Å². The van der Waals surface area contributed by atoms with Crippen LogP contribution in [0.5, 0.6) is 0 Å². The van der Waals surface area contributed by atoms with E-state index < -0.39 is 17.5 Å². The molecule has 0 aliphatic heterocycles. The van der Waals surface area contributed by atoms with E-state index in [4.69, 9.17) is 5.26 Å². The van der Waals surface area contributed by atoms with E-state index in [0.29, 0.717) is 11.3 Å². The Labute approximate surface area is 140 Å². The number of nitrogens with one attached hydrogen (secondary N) is 2. The first-order chi connectivity index (χ1) is 12.1. The molecule has 6 nitrogen and oxygen atoms in total. The van der Waals surface area contributed by atoms with Gasteiger partial charge in [0.05, 0.1) is 23.1 Å². The molecule has 2 N–H and O–H groups in total. The summed E-state index contributed by atoms with van der Waals surface area (Å²) in [5.74, 6) is -4.20. The molecule has 1 aromatic heterocycles. The molecule has 2 aromatic carbocycles. The number of rotatable bonds is 4. The lowest BCUT2D eigenvalue weighted by atomic mass is 10.2. The number of nitriles is 1. The largest absolute Gasteiger partial charge is 0.338 e. The molecule has 0 aliphatic rings. The van der Waals surface area contributed by atoms with Crippen molar-refractivity contribution < 1.29 is 13.2 Å². The van der Waals surface area contributed by atoms with Crippen molar-refractivity contribution in [3.63, 3.8) is 0 Å². The number of benzene rings is 2. The zero-order valence-corrected chi connectivity index (χ0v) is 12.5. The van der Waals surface area contributed by atoms with E-state index >= 15 is 0 Å². The number of para-hydroxylation sites is 1. The van der Waals surface area contributed by atoms with Crippen molar-refractivity contribution in [3.05, 3.63) is 65.6 Å². The van der Waals surface area contributed by atoms with Crippen molar-refractivity contribution in [2.75, 3.05) is 10.6 Å². The first-order valence-corrected chi connectivity index (χ1v) is 6.95. The highest BCUT2D eigenvalue weighted by molar-refractivity contribution is 5.64. The van der Waals surface area contributed by atoms with E-state index in [1.807, 2.05) is 6.07 Å². The molecule has 0 spiro atoms. The molecule has 0 fully saturated rings. The SMILES string of the molecule is N#Cc1ccccc1Nc1cnnc(Nc2ccc(F)c(F)c2F)n1. The van der Waals surface area contributed by atoms with E-state index in [-0.39, 0.29) is 17.5 Å². The Kier molecular flexibility index (Phi) is 4.43. The van der Waals surface area contributed by atoms with Gasteiger partial charge in [-0.1, -0.05) is 12.1 Å². The topological polar surface area (TPSA) is 86.5 Å². The van der Waals surface area contributed by atoms with Crippen LogP contribution >= 0.6 is 0 Å². The highest BCUT2D eigenvalue weighted by Gasteiger charge is 2.14. The minimum atomic E-state index is -1.60. The Hall–Kier alpha value is -3.67. The average Bonchev–Trinajstić information content (AvgIpc) is 2.63. The Balaban J connectivity index is 1.85. The summed E-state index contributed by atoms with van der Waals surface area (Å²) in [6, 6.07) is 10.5. The summed E-state index contributed by atoms with van der Waals surface area (Å²) in [4.78, 5) is 4.04. The normalized spacial score (nSPS) is 10.2. The van der Waals surface area contributed by atoms with Crippen LogP contribution in [0.15, 0.2) is 42.6 Å². The zero-order valence-electron chi connectivity index (χ0n) is 12.5. The maximum absolute atomic E-state index is 13.7. The molecule has 25 heavy (non-hydrogen) atoms. The van der Waals surface area contributed by atoms with Crippen LogP contribution in [0.25, 0.3) is 0 Å². The summed E-state index contributed by atoms with van der Waals surface area (Å²) >= 11 is 0. The molecule has 3 aromatic rings. The summed E-state index contributed by atoms with van der Waals surface area (Å²) < 4.78 is 39.9. The quantitative estimate of drug-likeness (QED) is 0.704. The van der Waals surface area contributed by atoms with Crippen molar-refractivity contribution in [1.82, 2.24) is 15.2 Å². The van der Waals surface area contributed by atoms with E-state index in [1.54, 1.807) is 24.3 Å². The highest BCUT2D eigenvalue weighted by atomic mass is 19.2. The minimum Gasteiger partial charge on any atom is -0.338 e. The Morgan fingerprint density at radius 3 is 2.52 bits per heavy atom. The summed E-state index contributed by atoms with van der Waals surface area (Å²) in [6.07, 6.45) is 1.29. The van der Waals surface area contributed by atoms with E-state index in [1.165, 1.54) is 6.20 Å². The second-order valence-electron chi connectivity index (χ2n) is 4.80. The van der Waals surface area contributed by atoms with Gasteiger partial charge < -0.3 is 10.6 Å². The number of nitrogens with zero attached hydrogens (tertiary/aromatic N) is 4. The molecular weight excluding hydrogens is 333 g/mol. The van der Waals surface area contributed by atoms with Crippen LogP contribution in [0.2, 0.25) is 0 Å². The third kappa shape index (κ3) is 3.48. The van der Waals surface area contributed by atoms with Gasteiger partial charge in [0, 0.05) is 0 Å². The van der Waals surface area contributed by atoms with E-state index in [2.05, 4.69) is 25.8 Å². The number of halogens is 3. The number of aromatic nitrogens is 3. The molecule has 0 saturated heterocycles. The van der Waals surface area contributed by atoms with Crippen LogP contribution in [0.1, 0.15) is 5.56 Å². The van der Waals surface area contributed by atoms with Crippen molar-refractivity contribution in [2.24, 2.45) is 0 Å². The van der Waals surface area contributed by atoms with Crippen molar-refractivity contribution in [1.29, 1.82) is 5.26 Å². The van der Waals surface area contributed by atoms with Crippen molar-refractivity contribution in [2.45, 2.75) is 0 Å². The van der Waals surface area contributed by atoms with Gasteiger partial charge in [0.2, 0.25) is 5.95 Å².